The Balaban J connectivity index is 1.46. The van der Waals surface area contributed by atoms with Gasteiger partial charge in [0.15, 0.2) is 5.78 Å². The van der Waals surface area contributed by atoms with Crippen molar-refractivity contribution in [2.75, 3.05) is 46.3 Å². The third-order valence-corrected chi connectivity index (χ3v) is 8.05. The highest BCUT2D eigenvalue weighted by Crippen LogP contribution is 2.32. The van der Waals surface area contributed by atoms with Crippen molar-refractivity contribution in [3.05, 3.63) is 35.4 Å². The Bertz CT molecular complexity index is 1060. The molecule has 0 radical (unpaired) electrons. The quantitative estimate of drug-likeness (QED) is 0.637. The van der Waals surface area contributed by atoms with E-state index in [4.69, 9.17) is 0 Å². The third kappa shape index (κ3) is 5.87. The van der Waals surface area contributed by atoms with Crippen molar-refractivity contribution >= 4 is 23.6 Å². The van der Waals surface area contributed by atoms with Crippen molar-refractivity contribution in [3.8, 4) is 0 Å². The molecule has 38 heavy (non-hydrogen) atoms. The molecule has 0 aromatic heterocycles. The van der Waals surface area contributed by atoms with Gasteiger partial charge in [0.05, 0.1) is 12.6 Å². The third-order valence-electron chi connectivity index (χ3n) is 8.05. The summed E-state index contributed by atoms with van der Waals surface area (Å²) in [7, 11) is 2.03. The fourth-order valence-corrected chi connectivity index (χ4v) is 5.76. The fourth-order valence-electron chi connectivity index (χ4n) is 5.76. The van der Waals surface area contributed by atoms with Crippen molar-refractivity contribution in [1.82, 2.24) is 24.9 Å². The molecule has 3 atom stereocenters. The average molecular weight is 526 g/mol. The highest BCUT2D eigenvalue weighted by Gasteiger charge is 2.53. The van der Waals surface area contributed by atoms with Gasteiger partial charge >= 0.3 is 6.03 Å². The molecule has 208 valence electrons. The van der Waals surface area contributed by atoms with Gasteiger partial charge < -0.3 is 24.9 Å². The first-order valence-electron chi connectivity index (χ1n) is 13.9. The second-order valence-corrected chi connectivity index (χ2v) is 12.5. The Morgan fingerprint density at radius 1 is 0.974 bits per heavy atom. The number of rotatable bonds is 5. The first-order chi connectivity index (χ1) is 17.9. The summed E-state index contributed by atoms with van der Waals surface area (Å²) in [5, 5.41) is 2.95. The zero-order chi connectivity index (χ0) is 27.8. The van der Waals surface area contributed by atoms with Crippen LogP contribution in [-0.4, -0.2) is 108 Å². The summed E-state index contributed by atoms with van der Waals surface area (Å²) in [6.45, 7) is 13.7. The molecule has 9 heteroatoms. The minimum atomic E-state index is -0.737. The van der Waals surface area contributed by atoms with Crippen LogP contribution in [0.25, 0.3) is 0 Å². The van der Waals surface area contributed by atoms with Crippen LogP contribution in [0.5, 0.6) is 0 Å². The number of urea groups is 1. The fraction of sp³-hybridized carbons (Fsp3) is 0.655. The molecule has 0 aliphatic carbocycles. The number of fused-ring (bicyclic) bond motifs is 1. The van der Waals surface area contributed by atoms with E-state index in [1.54, 1.807) is 21.9 Å². The lowest BCUT2D eigenvalue weighted by atomic mass is 9.86. The van der Waals surface area contributed by atoms with Gasteiger partial charge in [-0.3, -0.25) is 14.4 Å². The van der Waals surface area contributed by atoms with Crippen LogP contribution in [0.2, 0.25) is 0 Å². The highest BCUT2D eigenvalue weighted by molar-refractivity contribution is 6.00. The number of nitrogens with one attached hydrogen (secondary N) is 1. The summed E-state index contributed by atoms with van der Waals surface area (Å²) < 4.78 is 0. The van der Waals surface area contributed by atoms with Crippen LogP contribution in [0.3, 0.4) is 0 Å². The molecule has 0 spiro atoms. The van der Waals surface area contributed by atoms with Gasteiger partial charge in [-0.15, -0.1) is 0 Å². The number of ketones is 1. The van der Waals surface area contributed by atoms with Crippen LogP contribution in [0, 0.1) is 5.92 Å². The Labute approximate surface area is 226 Å². The van der Waals surface area contributed by atoms with Gasteiger partial charge in [0.1, 0.15) is 12.1 Å². The maximum atomic E-state index is 13.8. The summed E-state index contributed by atoms with van der Waals surface area (Å²) in [5.41, 5.74) is 1.60. The number of carbonyl (C=O) groups is 4. The highest BCUT2D eigenvalue weighted by atomic mass is 16.2. The number of amides is 4. The molecule has 0 saturated carbocycles. The number of carbonyl (C=O) groups excluding carboxylic acids is 4. The van der Waals surface area contributed by atoms with Gasteiger partial charge in [-0.2, -0.15) is 0 Å². The molecule has 3 fully saturated rings. The van der Waals surface area contributed by atoms with E-state index in [2.05, 4.69) is 31.0 Å². The van der Waals surface area contributed by atoms with Gasteiger partial charge in [0, 0.05) is 38.3 Å². The second kappa shape index (κ2) is 11.0. The molecule has 0 bridgehead atoms. The Kier molecular flexibility index (Phi) is 8.16. The number of nitrogens with zero attached hydrogens (tertiary/aromatic N) is 4. The number of likely N-dealkylation sites (N-methyl/N-ethyl adjacent to an activating group) is 1. The van der Waals surface area contributed by atoms with Crippen LogP contribution in [0.1, 0.15) is 63.4 Å². The predicted molar refractivity (Wildman–Crippen MR) is 146 cm³/mol. The van der Waals surface area contributed by atoms with E-state index < -0.39 is 12.1 Å². The maximum Gasteiger partial charge on any atom is 0.320 e. The van der Waals surface area contributed by atoms with Gasteiger partial charge in [0.25, 0.3) is 5.91 Å². The van der Waals surface area contributed by atoms with E-state index in [1.807, 2.05) is 37.9 Å². The zero-order valence-corrected chi connectivity index (χ0v) is 23.7. The average Bonchev–Trinajstić information content (AvgIpc) is 3.44. The monoisotopic (exact) mass is 525 g/mol. The first kappa shape index (κ1) is 28.1. The summed E-state index contributed by atoms with van der Waals surface area (Å²) in [5.74, 6) is -0.478. The van der Waals surface area contributed by atoms with E-state index in [9.17, 15) is 19.2 Å². The van der Waals surface area contributed by atoms with Crippen molar-refractivity contribution < 1.29 is 19.2 Å². The smallest absolute Gasteiger partial charge is 0.320 e. The van der Waals surface area contributed by atoms with Crippen LogP contribution in [0.15, 0.2) is 24.3 Å². The predicted octanol–water partition coefficient (Wildman–Crippen LogP) is 2.35. The summed E-state index contributed by atoms with van der Waals surface area (Å²) in [4.78, 5) is 60.6. The Morgan fingerprint density at radius 3 is 2.18 bits per heavy atom. The van der Waals surface area contributed by atoms with E-state index >= 15 is 0 Å². The molecule has 1 aromatic carbocycles. The molecule has 3 unspecified atom stereocenters. The molecule has 3 saturated heterocycles. The van der Waals surface area contributed by atoms with Crippen LogP contribution in [0.4, 0.5) is 4.79 Å². The summed E-state index contributed by atoms with van der Waals surface area (Å²) >= 11 is 0. The molecule has 9 nitrogen and oxygen atoms in total. The molecule has 1 aromatic rings. The number of likely N-dealkylation sites (tertiary alicyclic amines) is 2. The Morgan fingerprint density at radius 2 is 1.61 bits per heavy atom. The van der Waals surface area contributed by atoms with Crippen molar-refractivity contribution in [3.63, 3.8) is 0 Å². The molecule has 3 heterocycles. The van der Waals surface area contributed by atoms with Crippen molar-refractivity contribution in [2.45, 2.75) is 71.0 Å². The molecule has 4 rings (SSSR count). The van der Waals surface area contributed by atoms with Gasteiger partial charge in [0.2, 0.25) is 5.91 Å². The molecule has 4 amide bonds. The Hall–Kier alpha value is -2.94. The lowest BCUT2D eigenvalue weighted by Crippen LogP contribution is -2.54. The first-order valence-corrected chi connectivity index (χ1v) is 13.9. The number of piperazine rings is 1. The zero-order valence-electron chi connectivity index (χ0n) is 23.7. The SMILES string of the molecule is CC(C)CC(NC(=O)c1ccc(C(C)(C)C)cc1)C(=O)N1CCC2C1C(=O)CN2C(=O)N1CCN(C)CC1. The topological polar surface area (TPSA) is 93.3 Å². The van der Waals surface area contributed by atoms with E-state index in [1.165, 1.54) is 0 Å². The molecule has 3 aliphatic heterocycles. The van der Waals surface area contributed by atoms with Crippen molar-refractivity contribution in [1.29, 1.82) is 0 Å². The normalized spacial score (nSPS) is 23.1. The molecule has 3 aliphatic rings. The van der Waals surface area contributed by atoms with Gasteiger partial charge in [-0.25, -0.2) is 4.79 Å². The van der Waals surface area contributed by atoms with Crippen LogP contribution in [-0.2, 0) is 15.0 Å². The minimum Gasteiger partial charge on any atom is -0.340 e. The number of hydrogen-bond acceptors (Lipinski definition) is 5. The number of benzene rings is 1. The molecular weight excluding hydrogens is 482 g/mol. The largest absolute Gasteiger partial charge is 0.340 e. The molecular formula is C29H43N5O4. The van der Waals surface area contributed by atoms with E-state index in [0.717, 1.165) is 18.7 Å². The minimum absolute atomic E-state index is 0.0229. The lowest BCUT2D eigenvalue weighted by molar-refractivity contribution is -0.138. The van der Waals surface area contributed by atoms with Crippen LogP contribution < -0.4 is 5.32 Å². The van der Waals surface area contributed by atoms with E-state index in [0.29, 0.717) is 38.0 Å². The lowest BCUT2D eigenvalue weighted by Gasteiger charge is -2.36. The number of Topliss-reactive ketones (excluding diaryl/α,β-unsaturated/α-hetero) is 1. The van der Waals surface area contributed by atoms with Crippen LogP contribution >= 0.6 is 0 Å². The molecule has 1 N–H and O–H groups in total. The van der Waals surface area contributed by atoms with Gasteiger partial charge in [-0.1, -0.05) is 46.8 Å². The summed E-state index contributed by atoms with van der Waals surface area (Å²) in [6.07, 6.45) is 1.04. The second-order valence-electron chi connectivity index (χ2n) is 12.5. The van der Waals surface area contributed by atoms with E-state index in [-0.39, 0.29) is 47.5 Å². The van der Waals surface area contributed by atoms with Crippen molar-refractivity contribution in [2.24, 2.45) is 5.92 Å². The van der Waals surface area contributed by atoms with Gasteiger partial charge in [-0.05, 0) is 48.9 Å². The maximum absolute atomic E-state index is 13.8. The number of hydrogen-bond donors (Lipinski definition) is 1. The summed E-state index contributed by atoms with van der Waals surface area (Å²) in [6, 6.07) is 5.68. The standard InChI is InChI=1S/C29H43N5O4/c1-19(2)17-22(30-26(36)20-7-9-21(10-8-20)29(3,4)5)27(37)33-12-11-23-25(33)24(35)18-34(23)28(38)32-15-13-31(6)14-16-32/h7-10,19,22-23,25H,11-18H2,1-6H3,(H,30,36).